The van der Waals surface area contributed by atoms with E-state index < -0.39 is 0 Å². The summed E-state index contributed by atoms with van der Waals surface area (Å²) in [7, 11) is 0. The predicted molar refractivity (Wildman–Crippen MR) is 108 cm³/mol. The number of ether oxygens (including phenoxy) is 1. The summed E-state index contributed by atoms with van der Waals surface area (Å²) >= 11 is 0. The zero-order valence-corrected chi connectivity index (χ0v) is 15.7. The van der Waals surface area contributed by atoms with Gasteiger partial charge in [0.15, 0.2) is 11.5 Å². The lowest BCUT2D eigenvalue weighted by Gasteiger charge is -2.47. The van der Waals surface area contributed by atoms with Crippen molar-refractivity contribution in [3.63, 3.8) is 0 Å². The van der Waals surface area contributed by atoms with Gasteiger partial charge in [0.1, 0.15) is 6.10 Å². The Morgan fingerprint density at radius 3 is 2.85 bits per heavy atom. The lowest BCUT2D eigenvalue weighted by Crippen LogP contribution is -2.58. The van der Waals surface area contributed by atoms with Gasteiger partial charge in [0.2, 0.25) is 0 Å². The summed E-state index contributed by atoms with van der Waals surface area (Å²) < 4.78 is 12.0. The third kappa shape index (κ3) is 3.37. The number of likely N-dealkylation sites (tertiary alicyclic amines) is 1. The summed E-state index contributed by atoms with van der Waals surface area (Å²) in [6.07, 6.45) is 25.9. The summed E-state index contributed by atoms with van der Waals surface area (Å²) in [6.45, 7) is 1.97. The van der Waals surface area contributed by atoms with Crippen LogP contribution in [0.2, 0.25) is 0 Å². The van der Waals surface area contributed by atoms with Gasteiger partial charge in [0.25, 0.3) is 0 Å². The molecule has 1 aromatic rings. The summed E-state index contributed by atoms with van der Waals surface area (Å²) in [5.74, 6) is 2.43. The minimum atomic E-state index is 0.256. The summed E-state index contributed by atoms with van der Waals surface area (Å²) in [6, 6.07) is 2.53. The number of aryl methyl sites for hydroxylation is 1. The summed E-state index contributed by atoms with van der Waals surface area (Å²) in [5.41, 5.74) is 2.76. The molecule has 0 bridgehead atoms. The van der Waals surface area contributed by atoms with Gasteiger partial charge >= 0.3 is 0 Å². The maximum atomic E-state index is 6.32. The lowest BCUT2D eigenvalue weighted by atomic mass is 9.83. The Labute approximate surface area is 161 Å². The predicted octanol–water partition coefficient (Wildman–Crippen LogP) is 5.04. The molecule has 4 aliphatic rings. The Morgan fingerprint density at radius 2 is 2.04 bits per heavy atom. The van der Waals surface area contributed by atoms with Gasteiger partial charge in [0.05, 0.1) is 6.26 Å². The molecule has 5 rings (SSSR count). The first-order chi connectivity index (χ1) is 13.4. The average molecular weight is 361 g/mol. The summed E-state index contributed by atoms with van der Waals surface area (Å²) in [4.78, 5) is 2.59. The van der Waals surface area contributed by atoms with Crippen LogP contribution < -0.4 is 0 Å². The fraction of sp³-hybridized carbons (Fsp3) is 0.417. The summed E-state index contributed by atoms with van der Waals surface area (Å²) in [5, 5.41) is 0. The van der Waals surface area contributed by atoms with Gasteiger partial charge in [-0.05, 0) is 49.8 Å². The molecule has 27 heavy (non-hydrogen) atoms. The number of fused-ring (bicyclic) bond motifs is 1. The van der Waals surface area contributed by atoms with Crippen LogP contribution in [0.5, 0.6) is 0 Å². The van der Waals surface area contributed by atoms with E-state index in [2.05, 4.69) is 59.6 Å². The number of hydrogen-bond acceptors (Lipinski definition) is 3. The SMILES string of the molecule is C1=CCC(C(C2=CCCC=C2)N2CC(OC3=CCCc4ccoc43)C2)C=C1. The fourth-order valence-corrected chi connectivity index (χ4v) is 4.67. The third-order valence-corrected chi connectivity index (χ3v) is 6.06. The smallest absolute Gasteiger partial charge is 0.171 e. The maximum absolute atomic E-state index is 6.32. The minimum absolute atomic E-state index is 0.256. The van der Waals surface area contributed by atoms with Crippen LogP contribution in [-0.4, -0.2) is 30.1 Å². The highest BCUT2D eigenvalue weighted by atomic mass is 16.5. The number of furan rings is 1. The van der Waals surface area contributed by atoms with Crippen LogP contribution in [-0.2, 0) is 11.2 Å². The molecule has 2 atom stereocenters. The van der Waals surface area contributed by atoms with Gasteiger partial charge in [-0.25, -0.2) is 0 Å². The fourth-order valence-electron chi connectivity index (χ4n) is 4.67. The molecule has 2 heterocycles. The van der Waals surface area contributed by atoms with E-state index in [1.165, 1.54) is 17.6 Å². The zero-order valence-electron chi connectivity index (χ0n) is 15.7. The Morgan fingerprint density at radius 1 is 1.07 bits per heavy atom. The van der Waals surface area contributed by atoms with Crippen molar-refractivity contribution in [3.05, 3.63) is 77.8 Å². The van der Waals surface area contributed by atoms with Gasteiger partial charge in [-0.15, -0.1) is 0 Å². The first kappa shape index (κ1) is 16.9. The highest BCUT2D eigenvalue weighted by molar-refractivity contribution is 5.60. The van der Waals surface area contributed by atoms with Gasteiger partial charge in [0, 0.05) is 30.6 Å². The monoisotopic (exact) mass is 361 g/mol. The topological polar surface area (TPSA) is 25.6 Å². The molecule has 3 nitrogen and oxygen atoms in total. The van der Waals surface area contributed by atoms with Crippen LogP contribution in [0.3, 0.4) is 0 Å². The molecule has 0 spiro atoms. The molecular formula is C24H27NO2. The van der Waals surface area contributed by atoms with Crippen molar-refractivity contribution < 1.29 is 9.15 Å². The largest absolute Gasteiger partial charge is 0.484 e. The molecular weight excluding hydrogens is 334 g/mol. The molecule has 1 fully saturated rings. The average Bonchev–Trinajstić information content (AvgIpc) is 3.18. The van der Waals surface area contributed by atoms with Gasteiger partial charge in [-0.2, -0.15) is 0 Å². The second kappa shape index (κ2) is 7.40. The van der Waals surface area contributed by atoms with E-state index in [4.69, 9.17) is 9.15 Å². The van der Waals surface area contributed by atoms with E-state index in [9.17, 15) is 0 Å². The van der Waals surface area contributed by atoms with Crippen LogP contribution >= 0.6 is 0 Å². The standard InChI is InChI=1S/C24H27NO2/c1-3-8-18(9-4-1)23(19-10-5-2-6-11-19)25-16-21(17-25)27-22-13-7-12-20-14-15-26-24(20)22/h1,3-5,8,10-11,13-15,18,21,23H,2,6-7,9,12,16-17H2. The van der Waals surface area contributed by atoms with Gasteiger partial charge in [-0.3, -0.25) is 4.90 Å². The van der Waals surface area contributed by atoms with Crippen molar-refractivity contribution in [3.8, 4) is 0 Å². The molecule has 3 heteroatoms. The first-order valence-electron chi connectivity index (χ1n) is 10.3. The van der Waals surface area contributed by atoms with Gasteiger partial charge < -0.3 is 9.15 Å². The van der Waals surface area contributed by atoms with Gasteiger partial charge in [-0.1, -0.05) is 42.5 Å². The minimum Gasteiger partial charge on any atom is -0.484 e. The number of allylic oxidation sites excluding steroid dienone is 6. The molecule has 2 unspecified atom stereocenters. The van der Waals surface area contributed by atoms with Crippen LogP contribution in [0.25, 0.3) is 5.76 Å². The van der Waals surface area contributed by atoms with E-state index in [-0.39, 0.29) is 6.10 Å². The molecule has 0 radical (unpaired) electrons. The normalized spacial score (nSPS) is 26.1. The molecule has 3 aliphatic carbocycles. The third-order valence-electron chi connectivity index (χ3n) is 6.06. The zero-order chi connectivity index (χ0) is 18.1. The Hall–Kier alpha value is -2.26. The van der Waals surface area contributed by atoms with Crippen molar-refractivity contribution in [1.82, 2.24) is 4.90 Å². The van der Waals surface area contributed by atoms with Crippen molar-refractivity contribution in [2.75, 3.05) is 13.1 Å². The Balaban J connectivity index is 1.27. The highest BCUT2D eigenvalue weighted by Gasteiger charge is 2.39. The number of hydrogen-bond donors (Lipinski definition) is 0. The lowest BCUT2D eigenvalue weighted by molar-refractivity contribution is -0.0251. The molecule has 1 saturated heterocycles. The molecule has 0 aromatic carbocycles. The van der Waals surface area contributed by atoms with E-state index in [0.29, 0.717) is 12.0 Å². The van der Waals surface area contributed by atoms with E-state index >= 15 is 0 Å². The van der Waals surface area contributed by atoms with E-state index in [0.717, 1.165) is 50.3 Å². The molecule has 1 aromatic heterocycles. The quantitative estimate of drug-likeness (QED) is 0.734. The first-order valence-corrected chi connectivity index (χ1v) is 10.3. The highest BCUT2D eigenvalue weighted by Crippen LogP contribution is 2.35. The molecule has 140 valence electrons. The Kier molecular flexibility index (Phi) is 4.62. The molecule has 1 aliphatic heterocycles. The number of nitrogens with zero attached hydrogens (tertiary/aromatic N) is 1. The maximum Gasteiger partial charge on any atom is 0.171 e. The molecule has 0 saturated carbocycles. The molecule has 0 N–H and O–H groups in total. The molecule has 0 amide bonds. The second-order valence-electron chi connectivity index (χ2n) is 7.92. The van der Waals surface area contributed by atoms with Crippen molar-refractivity contribution in [1.29, 1.82) is 0 Å². The second-order valence-corrected chi connectivity index (χ2v) is 7.92. The van der Waals surface area contributed by atoms with Crippen LogP contribution in [0, 0.1) is 5.92 Å². The van der Waals surface area contributed by atoms with Crippen LogP contribution in [0.1, 0.15) is 37.0 Å². The van der Waals surface area contributed by atoms with Crippen molar-refractivity contribution in [2.24, 2.45) is 5.92 Å². The van der Waals surface area contributed by atoms with E-state index in [1.807, 2.05) is 0 Å². The van der Waals surface area contributed by atoms with Crippen molar-refractivity contribution in [2.45, 2.75) is 44.2 Å². The van der Waals surface area contributed by atoms with Crippen LogP contribution in [0.15, 0.2) is 70.9 Å². The Bertz CT molecular complexity index is 832. The van der Waals surface area contributed by atoms with Crippen LogP contribution in [0.4, 0.5) is 0 Å². The van der Waals surface area contributed by atoms with Crippen molar-refractivity contribution >= 4 is 5.76 Å². The van der Waals surface area contributed by atoms with E-state index in [1.54, 1.807) is 6.26 Å². The number of rotatable bonds is 5.